The lowest BCUT2D eigenvalue weighted by atomic mass is 9.80. The Bertz CT molecular complexity index is 317. The first kappa shape index (κ1) is 14.9. The standard InChI is InChI=1S/C13H22N2O3/c1-10(2)11(8-17-3)15-12(16)13(9-14)4-6-18-7-5-13/h10-11H,4-8H2,1-3H3,(H,15,16). The zero-order valence-electron chi connectivity index (χ0n) is 11.4. The highest BCUT2D eigenvalue weighted by Crippen LogP contribution is 2.30. The second-order valence-electron chi connectivity index (χ2n) is 5.09. The van der Waals surface area contributed by atoms with Gasteiger partial charge in [0.1, 0.15) is 5.41 Å². The van der Waals surface area contributed by atoms with Crippen LogP contribution in [0, 0.1) is 22.7 Å². The maximum atomic E-state index is 12.3. The molecule has 0 aromatic heterocycles. The van der Waals surface area contributed by atoms with E-state index >= 15 is 0 Å². The summed E-state index contributed by atoms with van der Waals surface area (Å²) in [6.45, 7) is 5.44. The first-order valence-corrected chi connectivity index (χ1v) is 6.34. The molecular weight excluding hydrogens is 232 g/mol. The van der Waals surface area contributed by atoms with Crippen molar-refractivity contribution in [1.82, 2.24) is 5.32 Å². The van der Waals surface area contributed by atoms with E-state index in [1.807, 2.05) is 13.8 Å². The number of hydrogen-bond donors (Lipinski definition) is 1. The molecule has 1 rings (SSSR count). The lowest BCUT2D eigenvalue weighted by Crippen LogP contribution is -2.50. The van der Waals surface area contributed by atoms with Crippen LogP contribution in [0.3, 0.4) is 0 Å². The number of carbonyl (C=O) groups is 1. The number of hydrogen-bond acceptors (Lipinski definition) is 4. The molecule has 1 heterocycles. The molecular formula is C13H22N2O3. The molecule has 0 aromatic carbocycles. The highest BCUT2D eigenvalue weighted by molar-refractivity contribution is 5.85. The number of carbonyl (C=O) groups excluding carboxylic acids is 1. The number of nitrogens with one attached hydrogen (secondary N) is 1. The Morgan fingerprint density at radius 2 is 2.11 bits per heavy atom. The average molecular weight is 254 g/mol. The third-order valence-electron chi connectivity index (χ3n) is 3.46. The van der Waals surface area contributed by atoms with Crippen LogP contribution in [0.2, 0.25) is 0 Å². The van der Waals surface area contributed by atoms with E-state index < -0.39 is 5.41 Å². The predicted molar refractivity (Wildman–Crippen MR) is 66.7 cm³/mol. The van der Waals surface area contributed by atoms with Crippen molar-refractivity contribution in [3.63, 3.8) is 0 Å². The van der Waals surface area contributed by atoms with Gasteiger partial charge < -0.3 is 14.8 Å². The number of ether oxygens (including phenoxy) is 2. The summed E-state index contributed by atoms with van der Waals surface area (Å²) >= 11 is 0. The zero-order valence-corrected chi connectivity index (χ0v) is 11.4. The lowest BCUT2D eigenvalue weighted by molar-refractivity contribution is -0.133. The van der Waals surface area contributed by atoms with Crippen LogP contribution in [-0.4, -0.2) is 38.9 Å². The second-order valence-corrected chi connectivity index (χ2v) is 5.09. The number of nitriles is 1. The first-order chi connectivity index (χ1) is 8.55. The van der Waals surface area contributed by atoms with Gasteiger partial charge in [0.2, 0.25) is 5.91 Å². The maximum absolute atomic E-state index is 12.3. The Morgan fingerprint density at radius 3 is 2.56 bits per heavy atom. The summed E-state index contributed by atoms with van der Waals surface area (Å²) in [5.74, 6) is 0.0773. The van der Waals surface area contributed by atoms with Gasteiger partial charge in [-0.05, 0) is 18.8 Å². The van der Waals surface area contributed by atoms with Crippen molar-refractivity contribution in [2.45, 2.75) is 32.7 Å². The molecule has 18 heavy (non-hydrogen) atoms. The van der Waals surface area contributed by atoms with E-state index in [1.54, 1.807) is 7.11 Å². The normalized spacial score (nSPS) is 20.2. The largest absolute Gasteiger partial charge is 0.383 e. The molecule has 5 nitrogen and oxygen atoms in total. The number of rotatable bonds is 5. The van der Waals surface area contributed by atoms with Gasteiger partial charge >= 0.3 is 0 Å². The van der Waals surface area contributed by atoms with Crippen molar-refractivity contribution in [2.24, 2.45) is 11.3 Å². The molecule has 0 aliphatic carbocycles. The monoisotopic (exact) mass is 254 g/mol. The Labute approximate surface area is 108 Å². The van der Waals surface area contributed by atoms with Crippen LogP contribution in [0.5, 0.6) is 0 Å². The Morgan fingerprint density at radius 1 is 1.50 bits per heavy atom. The van der Waals surface area contributed by atoms with Gasteiger partial charge in [-0.1, -0.05) is 13.8 Å². The van der Waals surface area contributed by atoms with Crippen molar-refractivity contribution in [1.29, 1.82) is 5.26 Å². The Balaban J connectivity index is 2.69. The van der Waals surface area contributed by atoms with Gasteiger partial charge in [-0.15, -0.1) is 0 Å². The van der Waals surface area contributed by atoms with E-state index in [2.05, 4.69) is 11.4 Å². The molecule has 102 valence electrons. The van der Waals surface area contributed by atoms with Crippen LogP contribution in [0.25, 0.3) is 0 Å². The Kier molecular flexibility index (Phi) is 5.57. The van der Waals surface area contributed by atoms with E-state index in [0.717, 1.165) is 0 Å². The van der Waals surface area contributed by atoms with Gasteiger partial charge in [0, 0.05) is 20.3 Å². The third kappa shape index (κ3) is 3.44. The van der Waals surface area contributed by atoms with Gasteiger partial charge in [-0.3, -0.25) is 4.79 Å². The molecule has 1 saturated heterocycles. The topological polar surface area (TPSA) is 71.3 Å². The number of methoxy groups -OCH3 is 1. The molecule has 5 heteroatoms. The van der Waals surface area contributed by atoms with Crippen molar-refractivity contribution >= 4 is 5.91 Å². The molecule has 1 N–H and O–H groups in total. The average Bonchev–Trinajstić information content (AvgIpc) is 2.38. The van der Waals surface area contributed by atoms with Crippen molar-refractivity contribution in [3.05, 3.63) is 0 Å². The summed E-state index contributed by atoms with van der Waals surface area (Å²) in [4.78, 5) is 12.3. The summed E-state index contributed by atoms with van der Waals surface area (Å²) in [6, 6.07) is 2.11. The van der Waals surface area contributed by atoms with Gasteiger partial charge in [0.05, 0.1) is 18.7 Å². The molecule has 0 bridgehead atoms. The minimum absolute atomic E-state index is 0.0597. The van der Waals surface area contributed by atoms with Gasteiger partial charge in [-0.25, -0.2) is 0 Å². The SMILES string of the molecule is COCC(NC(=O)C1(C#N)CCOCC1)C(C)C. The fourth-order valence-corrected chi connectivity index (χ4v) is 2.00. The molecule has 1 atom stereocenters. The van der Waals surface area contributed by atoms with E-state index in [1.165, 1.54) is 0 Å². The highest BCUT2D eigenvalue weighted by Gasteiger charge is 2.41. The van der Waals surface area contributed by atoms with Crippen molar-refractivity contribution in [2.75, 3.05) is 26.9 Å². The van der Waals surface area contributed by atoms with E-state index in [4.69, 9.17) is 9.47 Å². The minimum atomic E-state index is -0.931. The molecule has 0 aromatic rings. The number of nitrogens with zero attached hydrogens (tertiary/aromatic N) is 1. The highest BCUT2D eigenvalue weighted by atomic mass is 16.5. The van der Waals surface area contributed by atoms with E-state index in [9.17, 15) is 10.1 Å². The van der Waals surface area contributed by atoms with Crippen molar-refractivity contribution in [3.8, 4) is 6.07 Å². The van der Waals surface area contributed by atoms with Gasteiger partial charge in [0.25, 0.3) is 0 Å². The molecule has 1 unspecified atom stereocenters. The van der Waals surface area contributed by atoms with Crippen molar-refractivity contribution < 1.29 is 14.3 Å². The Hall–Kier alpha value is -1.12. The van der Waals surface area contributed by atoms with Crippen LogP contribution >= 0.6 is 0 Å². The van der Waals surface area contributed by atoms with Gasteiger partial charge in [0.15, 0.2) is 0 Å². The molecule has 0 saturated carbocycles. The smallest absolute Gasteiger partial charge is 0.240 e. The van der Waals surface area contributed by atoms with Crippen LogP contribution in [0.15, 0.2) is 0 Å². The minimum Gasteiger partial charge on any atom is -0.383 e. The number of amides is 1. The fraction of sp³-hybridized carbons (Fsp3) is 0.846. The maximum Gasteiger partial charge on any atom is 0.240 e. The van der Waals surface area contributed by atoms with Crippen LogP contribution in [0.1, 0.15) is 26.7 Å². The first-order valence-electron chi connectivity index (χ1n) is 6.34. The predicted octanol–water partition coefficient (Wildman–Crippen LogP) is 1.09. The molecule has 0 radical (unpaired) electrons. The molecule has 1 amide bonds. The quantitative estimate of drug-likeness (QED) is 0.797. The van der Waals surface area contributed by atoms with Crippen LogP contribution in [0.4, 0.5) is 0 Å². The third-order valence-corrected chi connectivity index (χ3v) is 3.46. The van der Waals surface area contributed by atoms with E-state index in [0.29, 0.717) is 32.7 Å². The molecule has 1 fully saturated rings. The summed E-state index contributed by atoms with van der Waals surface area (Å²) in [7, 11) is 1.61. The molecule has 1 aliphatic heterocycles. The fourth-order valence-electron chi connectivity index (χ4n) is 2.00. The lowest BCUT2D eigenvalue weighted by Gasteiger charge is -2.32. The molecule has 0 spiro atoms. The molecule has 1 aliphatic rings. The van der Waals surface area contributed by atoms with Crippen LogP contribution < -0.4 is 5.32 Å². The van der Waals surface area contributed by atoms with E-state index in [-0.39, 0.29) is 17.9 Å². The van der Waals surface area contributed by atoms with Crippen LogP contribution in [-0.2, 0) is 14.3 Å². The van der Waals surface area contributed by atoms with Gasteiger partial charge in [-0.2, -0.15) is 5.26 Å². The summed E-state index contributed by atoms with van der Waals surface area (Å²) in [6.07, 6.45) is 0.931. The summed E-state index contributed by atoms with van der Waals surface area (Å²) < 4.78 is 10.3. The second kappa shape index (κ2) is 6.72. The summed E-state index contributed by atoms with van der Waals surface area (Å²) in [5.41, 5.74) is -0.931. The summed E-state index contributed by atoms with van der Waals surface area (Å²) in [5, 5.41) is 12.2. The zero-order chi connectivity index (χ0) is 13.6.